The Balaban J connectivity index is 2.95. The van der Waals surface area contributed by atoms with Crippen LogP contribution in [0.3, 0.4) is 0 Å². The Morgan fingerprint density at radius 3 is 2.21 bits per heavy atom. The van der Waals surface area contributed by atoms with Gasteiger partial charge in [-0.3, -0.25) is 0 Å². The van der Waals surface area contributed by atoms with Crippen molar-refractivity contribution in [2.24, 2.45) is 11.1 Å². The van der Waals surface area contributed by atoms with Gasteiger partial charge in [0.15, 0.2) is 0 Å². The quantitative estimate of drug-likeness (QED) is 0.437. The zero-order valence-corrected chi connectivity index (χ0v) is 8.38. The molecule has 2 N–H and O–H groups in total. The van der Waals surface area contributed by atoms with Crippen molar-refractivity contribution in [1.29, 1.82) is 0 Å². The van der Waals surface area contributed by atoms with E-state index in [1.54, 1.807) is 6.92 Å². The van der Waals surface area contributed by atoms with Crippen LogP contribution in [0.5, 0.6) is 0 Å². The summed E-state index contributed by atoms with van der Waals surface area (Å²) in [5.74, 6) is -0.178. The Bertz CT molecular complexity index is 306. The van der Waals surface area contributed by atoms with E-state index in [1.807, 2.05) is 37.3 Å². The average molecular weight is 193 g/mol. The summed E-state index contributed by atoms with van der Waals surface area (Å²) < 4.78 is 0. The molecule has 76 valence electrons. The molecule has 0 bridgehead atoms. The van der Waals surface area contributed by atoms with E-state index < -0.39 is 6.10 Å². The topological polar surface area (TPSA) is 52.8 Å². The van der Waals surface area contributed by atoms with Crippen molar-refractivity contribution in [3.05, 3.63) is 35.9 Å². The van der Waals surface area contributed by atoms with Gasteiger partial charge >= 0.3 is 0 Å². The van der Waals surface area contributed by atoms with E-state index in [2.05, 4.69) is 5.16 Å². The molecular formula is C11H15NO2. The van der Waals surface area contributed by atoms with Crippen molar-refractivity contribution in [2.75, 3.05) is 0 Å². The summed E-state index contributed by atoms with van der Waals surface area (Å²) in [7, 11) is 0. The predicted octanol–water partition coefficient (Wildman–Crippen LogP) is 1.88. The second-order valence-corrected chi connectivity index (χ2v) is 3.38. The molecule has 0 fully saturated rings. The summed E-state index contributed by atoms with van der Waals surface area (Å²) in [5, 5.41) is 21.5. The van der Waals surface area contributed by atoms with Crippen LogP contribution in [0.25, 0.3) is 0 Å². The van der Waals surface area contributed by atoms with E-state index in [0.29, 0.717) is 5.71 Å². The van der Waals surface area contributed by atoms with Crippen LogP contribution in [0.2, 0.25) is 0 Å². The third kappa shape index (κ3) is 2.33. The van der Waals surface area contributed by atoms with E-state index >= 15 is 0 Å². The van der Waals surface area contributed by atoms with Crippen molar-refractivity contribution in [3.8, 4) is 0 Å². The maximum Gasteiger partial charge on any atom is 0.0921 e. The molecule has 1 aromatic carbocycles. The molecule has 2 unspecified atom stereocenters. The van der Waals surface area contributed by atoms with Crippen molar-refractivity contribution < 1.29 is 10.3 Å². The van der Waals surface area contributed by atoms with Crippen LogP contribution >= 0.6 is 0 Å². The van der Waals surface area contributed by atoms with Gasteiger partial charge in [-0.05, 0) is 12.5 Å². The van der Waals surface area contributed by atoms with E-state index in [-0.39, 0.29) is 5.92 Å². The molecule has 0 radical (unpaired) electrons. The predicted molar refractivity (Wildman–Crippen MR) is 55.6 cm³/mol. The van der Waals surface area contributed by atoms with Crippen molar-refractivity contribution >= 4 is 5.71 Å². The van der Waals surface area contributed by atoms with Gasteiger partial charge in [0.25, 0.3) is 0 Å². The Hall–Kier alpha value is -1.35. The molecule has 0 aliphatic rings. The first kappa shape index (κ1) is 10.7. The fourth-order valence-corrected chi connectivity index (χ4v) is 1.25. The number of rotatable bonds is 3. The maximum atomic E-state index is 9.39. The van der Waals surface area contributed by atoms with E-state index in [0.717, 1.165) is 5.56 Å². The summed E-state index contributed by atoms with van der Waals surface area (Å²) in [6.45, 7) is 3.51. The van der Waals surface area contributed by atoms with Crippen LogP contribution in [0.15, 0.2) is 35.5 Å². The van der Waals surface area contributed by atoms with Gasteiger partial charge in [0.05, 0.1) is 11.8 Å². The number of benzene rings is 1. The van der Waals surface area contributed by atoms with Gasteiger partial charge in [-0.2, -0.15) is 0 Å². The molecule has 0 heterocycles. The molecule has 3 heteroatoms. The van der Waals surface area contributed by atoms with Crippen molar-refractivity contribution in [2.45, 2.75) is 20.0 Å². The lowest BCUT2D eigenvalue weighted by Gasteiger charge is -2.15. The van der Waals surface area contributed by atoms with Crippen LogP contribution in [-0.4, -0.2) is 22.1 Å². The Morgan fingerprint density at radius 2 is 1.79 bits per heavy atom. The standard InChI is InChI=1S/C11H15NO2/c1-8(9(2)13)11(12-14)10-6-4-3-5-7-10/h3-9,13-14H,1-2H3. The summed E-state index contributed by atoms with van der Waals surface area (Å²) in [6.07, 6.45) is -0.527. The number of nitrogens with zero attached hydrogens (tertiary/aromatic N) is 1. The molecule has 0 saturated carbocycles. The maximum absolute atomic E-state index is 9.39. The highest BCUT2D eigenvalue weighted by Crippen LogP contribution is 2.12. The minimum absolute atomic E-state index is 0.178. The molecule has 14 heavy (non-hydrogen) atoms. The molecule has 2 atom stereocenters. The van der Waals surface area contributed by atoms with E-state index in [1.165, 1.54) is 0 Å². The van der Waals surface area contributed by atoms with Gasteiger partial charge < -0.3 is 10.3 Å². The monoisotopic (exact) mass is 193 g/mol. The van der Waals surface area contributed by atoms with E-state index in [9.17, 15) is 5.11 Å². The second-order valence-electron chi connectivity index (χ2n) is 3.38. The minimum Gasteiger partial charge on any atom is -0.411 e. The second kappa shape index (κ2) is 4.77. The summed E-state index contributed by atoms with van der Waals surface area (Å²) in [4.78, 5) is 0. The van der Waals surface area contributed by atoms with Crippen LogP contribution in [0, 0.1) is 5.92 Å². The Kier molecular flexibility index (Phi) is 3.65. The SMILES string of the molecule is CC(O)C(C)C(=NO)c1ccccc1. The van der Waals surface area contributed by atoms with E-state index in [4.69, 9.17) is 5.21 Å². The van der Waals surface area contributed by atoms with Crippen LogP contribution < -0.4 is 0 Å². The zero-order chi connectivity index (χ0) is 10.6. The van der Waals surface area contributed by atoms with Crippen LogP contribution in [0.1, 0.15) is 19.4 Å². The molecule has 1 aromatic rings. The van der Waals surface area contributed by atoms with Crippen LogP contribution in [-0.2, 0) is 0 Å². The molecule has 0 amide bonds. The highest BCUT2D eigenvalue weighted by atomic mass is 16.4. The number of hydrogen-bond acceptors (Lipinski definition) is 3. The van der Waals surface area contributed by atoms with Gasteiger partial charge in [0.2, 0.25) is 0 Å². The molecule has 0 aromatic heterocycles. The van der Waals surface area contributed by atoms with Gasteiger partial charge in [-0.25, -0.2) is 0 Å². The summed E-state index contributed by atoms with van der Waals surface area (Å²) in [6, 6.07) is 9.35. The van der Waals surface area contributed by atoms with Crippen LogP contribution in [0.4, 0.5) is 0 Å². The number of hydrogen-bond donors (Lipinski definition) is 2. The molecular weight excluding hydrogens is 178 g/mol. The number of oxime groups is 1. The van der Waals surface area contributed by atoms with Crippen molar-refractivity contribution in [3.63, 3.8) is 0 Å². The first-order valence-corrected chi connectivity index (χ1v) is 4.62. The van der Waals surface area contributed by atoms with Gasteiger partial charge in [0.1, 0.15) is 0 Å². The van der Waals surface area contributed by atoms with Gasteiger partial charge in [-0.15, -0.1) is 0 Å². The first-order chi connectivity index (χ1) is 6.66. The molecule has 0 spiro atoms. The largest absolute Gasteiger partial charge is 0.411 e. The molecule has 3 nitrogen and oxygen atoms in total. The highest BCUT2D eigenvalue weighted by molar-refractivity contribution is 6.01. The molecule has 0 aliphatic heterocycles. The van der Waals surface area contributed by atoms with Crippen molar-refractivity contribution in [1.82, 2.24) is 0 Å². The summed E-state index contributed by atoms with van der Waals surface area (Å²) >= 11 is 0. The third-order valence-corrected chi connectivity index (χ3v) is 2.33. The Morgan fingerprint density at radius 1 is 1.21 bits per heavy atom. The smallest absolute Gasteiger partial charge is 0.0921 e. The Labute approximate surface area is 83.7 Å². The normalized spacial score (nSPS) is 16.4. The number of aliphatic hydroxyl groups is 1. The highest BCUT2D eigenvalue weighted by Gasteiger charge is 2.17. The van der Waals surface area contributed by atoms with Gasteiger partial charge in [0, 0.05) is 5.92 Å². The number of aliphatic hydroxyl groups excluding tert-OH is 1. The minimum atomic E-state index is -0.527. The fraction of sp³-hybridized carbons (Fsp3) is 0.364. The molecule has 0 aliphatic carbocycles. The zero-order valence-electron chi connectivity index (χ0n) is 8.38. The summed E-state index contributed by atoms with van der Waals surface area (Å²) in [5.41, 5.74) is 1.35. The lowest BCUT2D eigenvalue weighted by molar-refractivity contribution is 0.163. The molecule has 1 rings (SSSR count). The average Bonchev–Trinajstić information content (AvgIpc) is 2.20. The lowest BCUT2D eigenvalue weighted by Crippen LogP contribution is -2.23. The fourth-order valence-electron chi connectivity index (χ4n) is 1.25. The lowest BCUT2D eigenvalue weighted by atomic mass is 9.94. The third-order valence-electron chi connectivity index (χ3n) is 2.33. The van der Waals surface area contributed by atoms with Gasteiger partial charge in [-0.1, -0.05) is 42.4 Å². The first-order valence-electron chi connectivity index (χ1n) is 4.62. The molecule has 0 saturated heterocycles.